The number of ether oxygens (including phenoxy) is 2. The summed E-state index contributed by atoms with van der Waals surface area (Å²) in [6.45, 7) is -2.16. The SMILES string of the molecule is CCOC(=O)c1c(C#N)ccc(OC(F)F)c1SC(F)(F)F. The maximum Gasteiger partial charge on any atom is 0.446 e. The molecule has 0 radical (unpaired) electrons. The molecule has 0 N–H and O–H groups in total. The topological polar surface area (TPSA) is 59.3 Å². The van der Waals surface area contributed by atoms with E-state index in [0.29, 0.717) is 0 Å². The van der Waals surface area contributed by atoms with Crippen molar-refractivity contribution in [2.24, 2.45) is 0 Å². The highest BCUT2D eigenvalue weighted by atomic mass is 32.2. The minimum Gasteiger partial charge on any atom is -0.462 e. The van der Waals surface area contributed by atoms with Crippen molar-refractivity contribution in [3.8, 4) is 11.8 Å². The van der Waals surface area contributed by atoms with Crippen LogP contribution in [-0.2, 0) is 4.74 Å². The number of benzene rings is 1. The number of carbonyl (C=O) groups is 1. The van der Waals surface area contributed by atoms with E-state index >= 15 is 0 Å². The molecule has 1 aromatic carbocycles. The van der Waals surface area contributed by atoms with Gasteiger partial charge in [-0.25, -0.2) is 4.79 Å². The molecule has 0 heterocycles. The normalized spacial score (nSPS) is 11.2. The van der Waals surface area contributed by atoms with Crippen LogP contribution in [0.2, 0.25) is 0 Å². The molecule has 120 valence electrons. The number of esters is 1. The fraction of sp³-hybridized carbons (Fsp3) is 0.333. The van der Waals surface area contributed by atoms with Gasteiger partial charge in [0, 0.05) is 0 Å². The number of thioether (sulfide) groups is 1. The monoisotopic (exact) mass is 341 g/mol. The summed E-state index contributed by atoms with van der Waals surface area (Å²) in [4.78, 5) is 10.8. The van der Waals surface area contributed by atoms with Crippen molar-refractivity contribution in [2.45, 2.75) is 23.9 Å². The summed E-state index contributed by atoms with van der Waals surface area (Å²) in [7, 11) is 0. The molecular weight excluding hydrogens is 333 g/mol. The van der Waals surface area contributed by atoms with E-state index in [1.54, 1.807) is 0 Å². The third kappa shape index (κ3) is 4.77. The smallest absolute Gasteiger partial charge is 0.446 e. The molecular formula is C12H8F5NO3S. The minimum absolute atomic E-state index is 0.167. The Bertz CT molecular complexity index is 598. The molecule has 0 saturated heterocycles. The lowest BCUT2D eigenvalue weighted by molar-refractivity contribution is -0.0529. The lowest BCUT2D eigenvalue weighted by atomic mass is 10.1. The average molecular weight is 341 g/mol. The molecule has 0 fully saturated rings. The van der Waals surface area contributed by atoms with Gasteiger partial charge in [0.05, 0.1) is 22.6 Å². The van der Waals surface area contributed by atoms with Crippen LogP contribution in [0.4, 0.5) is 22.0 Å². The van der Waals surface area contributed by atoms with Gasteiger partial charge in [-0.3, -0.25) is 0 Å². The second-order valence-electron chi connectivity index (χ2n) is 3.57. The fourth-order valence-electron chi connectivity index (χ4n) is 1.47. The van der Waals surface area contributed by atoms with E-state index < -0.39 is 51.6 Å². The fourth-order valence-corrected chi connectivity index (χ4v) is 2.21. The molecule has 0 aromatic heterocycles. The second kappa shape index (κ2) is 7.31. The highest BCUT2D eigenvalue weighted by molar-refractivity contribution is 8.00. The summed E-state index contributed by atoms with van der Waals surface area (Å²) < 4.78 is 71.0. The maximum atomic E-state index is 12.6. The van der Waals surface area contributed by atoms with Gasteiger partial charge < -0.3 is 9.47 Å². The van der Waals surface area contributed by atoms with Crippen molar-refractivity contribution in [2.75, 3.05) is 6.61 Å². The Hall–Kier alpha value is -2.02. The van der Waals surface area contributed by atoms with Gasteiger partial charge in [-0.15, -0.1) is 0 Å². The summed E-state index contributed by atoms with van der Waals surface area (Å²) in [6, 6.07) is 3.19. The first-order valence-electron chi connectivity index (χ1n) is 5.64. The summed E-state index contributed by atoms with van der Waals surface area (Å²) >= 11 is -0.831. The Morgan fingerprint density at radius 2 is 2.05 bits per heavy atom. The number of halogens is 5. The molecule has 1 rings (SSSR count). The van der Waals surface area contributed by atoms with Gasteiger partial charge in [0.1, 0.15) is 11.8 Å². The molecule has 22 heavy (non-hydrogen) atoms. The Morgan fingerprint density at radius 1 is 1.41 bits per heavy atom. The van der Waals surface area contributed by atoms with Gasteiger partial charge in [0.2, 0.25) is 0 Å². The standard InChI is InChI=1S/C12H8F5NO3S/c1-2-20-10(19)8-6(5-18)3-4-7(21-11(13)14)9(8)22-12(15,16)17/h3-4,11H,2H2,1H3. The summed E-state index contributed by atoms with van der Waals surface area (Å²) in [6.07, 6.45) is 0. The first-order valence-corrected chi connectivity index (χ1v) is 6.46. The van der Waals surface area contributed by atoms with E-state index in [1.165, 1.54) is 13.0 Å². The van der Waals surface area contributed by atoms with Gasteiger partial charge in [0.25, 0.3) is 0 Å². The van der Waals surface area contributed by atoms with Gasteiger partial charge in [-0.2, -0.15) is 27.2 Å². The predicted octanol–water partition coefficient (Wildman–Crippen LogP) is 3.95. The van der Waals surface area contributed by atoms with Gasteiger partial charge in [0.15, 0.2) is 0 Å². The Labute approximate surface area is 125 Å². The Balaban J connectivity index is 3.52. The Morgan fingerprint density at radius 3 is 2.50 bits per heavy atom. The molecule has 0 aliphatic carbocycles. The zero-order valence-electron chi connectivity index (χ0n) is 10.9. The number of nitrogens with zero attached hydrogens (tertiary/aromatic N) is 1. The first-order chi connectivity index (χ1) is 10.2. The second-order valence-corrected chi connectivity index (χ2v) is 4.65. The molecule has 0 atom stereocenters. The largest absolute Gasteiger partial charge is 0.462 e. The van der Waals surface area contributed by atoms with Crippen LogP contribution in [0.3, 0.4) is 0 Å². The average Bonchev–Trinajstić information content (AvgIpc) is 2.38. The van der Waals surface area contributed by atoms with Crippen LogP contribution in [0.15, 0.2) is 17.0 Å². The van der Waals surface area contributed by atoms with E-state index in [-0.39, 0.29) is 6.61 Å². The van der Waals surface area contributed by atoms with Crippen molar-refractivity contribution >= 4 is 17.7 Å². The lowest BCUT2D eigenvalue weighted by Crippen LogP contribution is -2.13. The summed E-state index contributed by atoms with van der Waals surface area (Å²) in [5.41, 5.74) is -6.08. The molecule has 0 saturated carbocycles. The highest BCUT2D eigenvalue weighted by Gasteiger charge is 2.35. The van der Waals surface area contributed by atoms with Crippen LogP contribution in [0.5, 0.6) is 5.75 Å². The van der Waals surface area contributed by atoms with Crippen molar-refractivity contribution < 1.29 is 36.2 Å². The molecule has 0 amide bonds. The van der Waals surface area contributed by atoms with Crippen molar-refractivity contribution in [3.63, 3.8) is 0 Å². The quantitative estimate of drug-likeness (QED) is 0.461. The molecule has 4 nitrogen and oxygen atoms in total. The molecule has 10 heteroatoms. The number of alkyl halides is 5. The summed E-state index contributed by atoms with van der Waals surface area (Å²) in [5.74, 6) is -2.09. The van der Waals surface area contributed by atoms with Crippen LogP contribution in [-0.4, -0.2) is 24.7 Å². The van der Waals surface area contributed by atoms with E-state index in [1.807, 2.05) is 0 Å². The van der Waals surface area contributed by atoms with Crippen LogP contribution in [0.25, 0.3) is 0 Å². The van der Waals surface area contributed by atoms with Gasteiger partial charge >= 0.3 is 18.1 Å². The number of nitriles is 1. The predicted molar refractivity (Wildman–Crippen MR) is 65.7 cm³/mol. The molecule has 0 bridgehead atoms. The number of hydrogen-bond donors (Lipinski definition) is 0. The number of rotatable bonds is 5. The van der Waals surface area contributed by atoms with Gasteiger partial charge in [-0.05, 0) is 30.8 Å². The number of carbonyl (C=O) groups excluding carboxylic acids is 1. The lowest BCUT2D eigenvalue weighted by Gasteiger charge is -2.16. The van der Waals surface area contributed by atoms with Crippen LogP contribution >= 0.6 is 11.8 Å². The third-order valence-corrected chi connectivity index (χ3v) is 3.00. The van der Waals surface area contributed by atoms with Crippen LogP contribution in [0.1, 0.15) is 22.8 Å². The van der Waals surface area contributed by atoms with Crippen LogP contribution in [0, 0.1) is 11.3 Å². The highest BCUT2D eigenvalue weighted by Crippen LogP contribution is 2.44. The minimum atomic E-state index is -4.88. The molecule has 0 unspecified atom stereocenters. The van der Waals surface area contributed by atoms with Crippen molar-refractivity contribution in [1.29, 1.82) is 5.26 Å². The van der Waals surface area contributed by atoms with E-state index in [9.17, 15) is 26.7 Å². The maximum absolute atomic E-state index is 12.6. The van der Waals surface area contributed by atoms with E-state index in [0.717, 1.165) is 12.1 Å². The zero-order valence-corrected chi connectivity index (χ0v) is 11.7. The van der Waals surface area contributed by atoms with Crippen molar-refractivity contribution in [3.05, 3.63) is 23.3 Å². The van der Waals surface area contributed by atoms with Gasteiger partial charge in [-0.1, -0.05) is 0 Å². The Kier molecular flexibility index (Phi) is 5.99. The molecule has 0 aliphatic heterocycles. The number of hydrogen-bond acceptors (Lipinski definition) is 5. The van der Waals surface area contributed by atoms with Crippen molar-refractivity contribution in [1.82, 2.24) is 0 Å². The molecule has 0 aliphatic rings. The molecule has 1 aromatic rings. The molecule has 0 spiro atoms. The summed E-state index contributed by atoms with van der Waals surface area (Å²) in [5, 5.41) is 8.89. The van der Waals surface area contributed by atoms with E-state index in [4.69, 9.17) is 5.26 Å². The first kappa shape index (κ1) is 18.0. The third-order valence-electron chi connectivity index (χ3n) is 2.16. The zero-order chi connectivity index (χ0) is 16.9. The van der Waals surface area contributed by atoms with Crippen LogP contribution < -0.4 is 4.74 Å². The van der Waals surface area contributed by atoms with E-state index in [2.05, 4.69) is 9.47 Å².